The van der Waals surface area contributed by atoms with Gasteiger partial charge in [-0.05, 0) is 44.2 Å². The Labute approximate surface area is 96.8 Å². The van der Waals surface area contributed by atoms with E-state index in [0.717, 1.165) is 11.4 Å². The second-order valence-corrected chi connectivity index (χ2v) is 3.91. The second kappa shape index (κ2) is 5.80. The van der Waals surface area contributed by atoms with Crippen molar-refractivity contribution in [3.05, 3.63) is 34.3 Å². The smallest absolute Gasteiger partial charge is 0.0431 e. The van der Waals surface area contributed by atoms with Gasteiger partial charge in [0.1, 0.15) is 0 Å². The Morgan fingerprint density at radius 2 is 2.20 bits per heavy atom. The van der Waals surface area contributed by atoms with E-state index in [0.29, 0.717) is 0 Å². The van der Waals surface area contributed by atoms with Gasteiger partial charge >= 0.3 is 0 Å². The molecule has 0 fully saturated rings. The topological polar surface area (TPSA) is 12.0 Å². The number of rotatable bonds is 3. The molecule has 2 heteroatoms. The lowest BCUT2D eigenvalue weighted by Gasteiger charge is -2.16. The highest BCUT2D eigenvalue weighted by Crippen LogP contribution is 2.23. The molecule has 0 radical (unpaired) electrons. The molecule has 0 spiro atoms. The summed E-state index contributed by atoms with van der Waals surface area (Å²) >= 11 is 5.99. The fraction of sp³-hybridized carbons (Fsp3) is 0.385. The largest absolute Gasteiger partial charge is 0.312 e. The molecule has 15 heavy (non-hydrogen) atoms. The van der Waals surface area contributed by atoms with E-state index in [1.807, 2.05) is 32.2 Å². The lowest BCUT2D eigenvalue weighted by Crippen LogP contribution is -2.16. The summed E-state index contributed by atoms with van der Waals surface area (Å²) in [4.78, 5) is 0. The zero-order chi connectivity index (χ0) is 11.3. The Kier molecular flexibility index (Phi) is 4.68. The van der Waals surface area contributed by atoms with Crippen LogP contribution in [0.1, 0.15) is 30.5 Å². The molecule has 0 aromatic heterocycles. The van der Waals surface area contributed by atoms with E-state index < -0.39 is 0 Å². The number of nitrogens with one attached hydrogen (secondary N) is 1. The van der Waals surface area contributed by atoms with Gasteiger partial charge in [-0.25, -0.2) is 0 Å². The van der Waals surface area contributed by atoms with Crippen molar-refractivity contribution >= 4 is 11.6 Å². The average molecular weight is 222 g/mol. The van der Waals surface area contributed by atoms with Crippen molar-refractivity contribution in [1.82, 2.24) is 5.32 Å². The standard InChI is InChI=1S/C13H16ClN/c1-4-5-6-13(15-3)12-9-11(14)8-7-10(12)2/h7-9,13,15H,6H2,1-3H3. The normalized spacial score (nSPS) is 11.7. The quantitative estimate of drug-likeness (QED) is 0.773. The maximum Gasteiger partial charge on any atom is 0.0431 e. The van der Waals surface area contributed by atoms with Crippen LogP contribution in [0.25, 0.3) is 0 Å². The van der Waals surface area contributed by atoms with Gasteiger partial charge in [-0.3, -0.25) is 0 Å². The monoisotopic (exact) mass is 221 g/mol. The number of halogens is 1. The minimum atomic E-state index is 0.260. The van der Waals surface area contributed by atoms with Gasteiger partial charge in [0.25, 0.3) is 0 Å². The zero-order valence-electron chi connectivity index (χ0n) is 9.39. The molecule has 1 aromatic rings. The van der Waals surface area contributed by atoms with Gasteiger partial charge in [0.2, 0.25) is 0 Å². The van der Waals surface area contributed by atoms with Crippen molar-refractivity contribution in [2.75, 3.05) is 7.05 Å². The highest BCUT2D eigenvalue weighted by molar-refractivity contribution is 6.30. The summed E-state index contributed by atoms with van der Waals surface area (Å²) in [5.41, 5.74) is 2.48. The van der Waals surface area contributed by atoms with E-state index in [2.05, 4.69) is 24.1 Å². The Morgan fingerprint density at radius 1 is 1.47 bits per heavy atom. The summed E-state index contributed by atoms with van der Waals surface area (Å²) in [7, 11) is 1.95. The molecular formula is C13H16ClN. The molecule has 0 saturated heterocycles. The number of hydrogen-bond acceptors (Lipinski definition) is 1. The number of aryl methyl sites for hydroxylation is 1. The van der Waals surface area contributed by atoms with Gasteiger partial charge in [-0.2, -0.15) is 0 Å². The molecule has 0 bridgehead atoms. The fourth-order valence-electron chi connectivity index (χ4n) is 1.56. The molecule has 0 aliphatic heterocycles. The lowest BCUT2D eigenvalue weighted by molar-refractivity contribution is 0.608. The van der Waals surface area contributed by atoms with Gasteiger partial charge in [0, 0.05) is 17.5 Å². The first kappa shape index (κ1) is 12.1. The van der Waals surface area contributed by atoms with Crippen molar-refractivity contribution in [2.24, 2.45) is 0 Å². The van der Waals surface area contributed by atoms with Crippen molar-refractivity contribution < 1.29 is 0 Å². The van der Waals surface area contributed by atoms with Crippen molar-refractivity contribution in [3.8, 4) is 11.8 Å². The molecule has 1 aromatic carbocycles. The summed E-state index contributed by atoms with van der Waals surface area (Å²) in [5.74, 6) is 6.00. The molecule has 0 aliphatic carbocycles. The third-order valence-corrected chi connectivity index (χ3v) is 2.68. The minimum absolute atomic E-state index is 0.260. The molecule has 1 nitrogen and oxygen atoms in total. The molecule has 0 heterocycles. The molecule has 0 saturated carbocycles. The second-order valence-electron chi connectivity index (χ2n) is 3.47. The fourth-order valence-corrected chi connectivity index (χ4v) is 1.74. The first-order valence-corrected chi connectivity index (χ1v) is 5.39. The molecule has 1 rings (SSSR count). The SMILES string of the molecule is CC#CCC(NC)c1cc(Cl)ccc1C. The maximum absolute atomic E-state index is 5.99. The van der Waals surface area contributed by atoms with Crippen LogP contribution in [0.3, 0.4) is 0 Å². The first-order valence-electron chi connectivity index (χ1n) is 5.02. The van der Waals surface area contributed by atoms with Gasteiger partial charge < -0.3 is 5.32 Å². The zero-order valence-corrected chi connectivity index (χ0v) is 10.2. The van der Waals surface area contributed by atoms with Crippen LogP contribution in [-0.2, 0) is 0 Å². The van der Waals surface area contributed by atoms with Crippen LogP contribution in [0.5, 0.6) is 0 Å². The van der Waals surface area contributed by atoms with Gasteiger partial charge in [0.05, 0.1) is 0 Å². The Hall–Kier alpha value is -0.970. The summed E-state index contributed by atoms with van der Waals surface area (Å²) in [6, 6.07) is 6.23. The molecule has 80 valence electrons. The van der Waals surface area contributed by atoms with Crippen LogP contribution in [0.2, 0.25) is 5.02 Å². The number of hydrogen-bond donors (Lipinski definition) is 1. The molecule has 0 aliphatic rings. The van der Waals surface area contributed by atoms with Crippen LogP contribution in [0.4, 0.5) is 0 Å². The van der Waals surface area contributed by atoms with E-state index in [4.69, 9.17) is 11.6 Å². The van der Waals surface area contributed by atoms with Crippen molar-refractivity contribution in [2.45, 2.75) is 26.3 Å². The molecule has 0 amide bonds. The summed E-state index contributed by atoms with van der Waals surface area (Å²) in [5, 5.41) is 4.04. The Balaban J connectivity index is 2.98. The summed E-state index contributed by atoms with van der Waals surface area (Å²) in [6.07, 6.45) is 0.814. The molecular weight excluding hydrogens is 206 g/mol. The van der Waals surface area contributed by atoms with E-state index in [-0.39, 0.29) is 6.04 Å². The summed E-state index contributed by atoms with van der Waals surface area (Å²) < 4.78 is 0. The average Bonchev–Trinajstić information content (AvgIpc) is 2.24. The van der Waals surface area contributed by atoms with E-state index in [1.54, 1.807) is 0 Å². The van der Waals surface area contributed by atoms with Crippen LogP contribution >= 0.6 is 11.6 Å². The summed E-state index contributed by atoms with van der Waals surface area (Å²) in [6.45, 7) is 3.95. The van der Waals surface area contributed by atoms with Crippen molar-refractivity contribution in [3.63, 3.8) is 0 Å². The third kappa shape index (κ3) is 3.27. The first-order chi connectivity index (χ1) is 7.19. The predicted molar refractivity (Wildman–Crippen MR) is 66.1 cm³/mol. The third-order valence-electron chi connectivity index (χ3n) is 2.45. The molecule has 1 unspecified atom stereocenters. The van der Waals surface area contributed by atoms with Crippen LogP contribution in [-0.4, -0.2) is 7.05 Å². The van der Waals surface area contributed by atoms with Gasteiger partial charge in [0.15, 0.2) is 0 Å². The Morgan fingerprint density at radius 3 is 2.80 bits per heavy atom. The maximum atomic E-state index is 5.99. The van der Waals surface area contributed by atoms with Crippen LogP contribution < -0.4 is 5.32 Å². The van der Waals surface area contributed by atoms with E-state index in [1.165, 1.54) is 11.1 Å². The van der Waals surface area contributed by atoms with E-state index in [9.17, 15) is 0 Å². The van der Waals surface area contributed by atoms with Gasteiger partial charge in [-0.1, -0.05) is 17.7 Å². The van der Waals surface area contributed by atoms with Gasteiger partial charge in [-0.15, -0.1) is 11.8 Å². The van der Waals surface area contributed by atoms with E-state index >= 15 is 0 Å². The van der Waals surface area contributed by atoms with Crippen molar-refractivity contribution in [1.29, 1.82) is 0 Å². The molecule has 1 N–H and O–H groups in total. The predicted octanol–water partition coefficient (Wildman–Crippen LogP) is 3.32. The minimum Gasteiger partial charge on any atom is -0.312 e. The highest BCUT2D eigenvalue weighted by Gasteiger charge is 2.10. The van der Waals surface area contributed by atoms with Crippen LogP contribution in [0.15, 0.2) is 18.2 Å². The molecule has 1 atom stereocenters. The van der Waals surface area contributed by atoms with Crippen LogP contribution in [0, 0.1) is 18.8 Å². The lowest BCUT2D eigenvalue weighted by atomic mass is 9.99. The Bertz CT molecular complexity index is 387. The number of benzene rings is 1. The highest BCUT2D eigenvalue weighted by atomic mass is 35.5.